The first-order valence-corrected chi connectivity index (χ1v) is 11.1. The number of anilines is 1. The van der Waals surface area contributed by atoms with E-state index in [9.17, 15) is 18.8 Å². The van der Waals surface area contributed by atoms with Gasteiger partial charge in [-0.15, -0.1) is 0 Å². The number of halogens is 1. The molecule has 0 radical (unpaired) electrons. The van der Waals surface area contributed by atoms with Crippen LogP contribution in [0.4, 0.5) is 10.1 Å². The lowest BCUT2D eigenvalue weighted by atomic mass is 10.0. The van der Waals surface area contributed by atoms with Crippen LogP contribution in [0.3, 0.4) is 0 Å². The molecule has 0 saturated heterocycles. The predicted octanol–water partition coefficient (Wildman–Crippen LogP) is 4.90. The van der Waals surface area contributed by atoms with Crippen molar-refractivity contribution in [1.29, 1.82) is 0 Å². The van der Waals surface area contributed by atoms with Gasteiger partial charge in [-0.1, -0.05) is 25.1 Å². The Morgan fingerprint density at radius 1 is 1.03 bits per heavy atom. The van der Waals surface area contributed by atoms with E-state index >= 15 is 0 Å². The number of hydrogen-bond acceptors (Lipinski definition) is 4. The second-order valence-corrected chi connectivity index (χ2v) is 8.22. The molecule has 7 heteroatoms. The molecule has 3 aromatic rings. The van der Waals surface area contributed by atoms with Crippen molar-refractivity contribution in [2.45, 2.75) is 19.9 Å². The molecule has 0 aromatic heterocycles. The summed E-state index contributed by atoms with van der Waals surface area (Å²) in [5.74, 6) is -1.45. The van der Waals surface area contributed by atoms with Crippen molar-refractivity contribution in [3.63, 3.8) is 0 Å². The average molecular weight is 461 g/mol. The number of carbonyl (C=O) groups is 3. The van der Waals surface area contributed by atoms with Crippen LogP contribution in [0.1, 0.15) is 39.6 Å². The Balaban J connectivity index is 1.45. The van der Waals surface area contributed by atoms with Crippen LogP contribution in [-0.2, 0) is 16.1 Å². The molecule has 1 heterocycles. The highest BCUT2D eigenvalue weighted by Crippen LogP contribution is 2.30. The summed E-state index contributed by atoms with van der Waals surface area (Å²) in [6.07, 6.45) is 0.599. The Hall–Kier alpha value is -4.00. The van der Waals surface area contributed by atoms with Crippen LogP contribution in [-0.4, -0.2) is 36.3 Å². The van der Waals surface area contributed by atoms with E-state index < -0.39 is 5.82 Å². The van der Waals surface area contributed by atoms with E-state index in [1.807, 2.05) is 37.3 Å². The molecule has 0 saturated carbocycles. The molecule has 174 valence electrons. The topological polar surface area (TPSA) is 75.7 Å². The zero-order chi connectivity index (χ0) is 24.2. The Morgan fingerprint density at radius 3 is 2.35 bits per heavy atom. The van der Waals surface area contributed by atoms with Crippen LogP contribution >= 0.6 is 0 Å². The number of ether oxygens (including phenoxy) is 1. The number of nitrogens with one attached hydrogen (secondary N) is 1. The second-order valence-electron chi connectivity index (χ2n) is 8.22. The highest BCUT2D eigenvalue weighted by Gasteiger charge is 2.31. The fourth-order valence-electron chi connectivity index (χ4n) is 4.06. The maximum Gasteiger partial charge on any atom is 0.310 e. The van der Waals surface area contributed by atoms with E-state index in [1.165, 1.54) is 31.4 Å². The summed E-state index contributed by atoms with van der Waals surface area (Å²) in [4.78, 5) is 38.8. The van der Waals surface area contributed by atoms with Crippen molar-refractivity contribution in [1.82, 2.24) is 4.90 Å². The largest absolute Gasteiger partial charge is 0.469 e. The van der Waals surface area contributed by atoms with Gasteiger partial charge in [0.2, 0.25) is 0 Å². The van der Waals surface area contributed by atoms with Crippen molar-refractivity contribution >= 4 is 23.5 Å². The summed E-state index contributed by atoms with van der Waals surface area (Å²) in [5.41, 5.74) is 4.44. The molecule has 2 amide bonds. The minimum absolute atomic E-state index is 0.0808. The normalized spacial score (nSPS) is 13.4. The smallest absolute Gasteiger partial charge is 0.310 e. The van der Waals surface area contributed by atoms with Gasteiger partial charge in [0.15, 0.2) is 0 Å². The van der Waals surface area contributed by atoms with Gasteiger partial charge >= 0.3 is 5.97 Å². The molecule has 4 rings (SSSR count). The first-order valence-electron chi connectivity index (χ1n) is 11.1. The number of methoxy groups -OCH3 is 1. The van der Waals surface area contributed by atoms with Gasteiger partial charge in [-0.3, -0.25) is 14.4 Å². The molecule has 0 spiro atoms. The first-order chi connectivity index (χ1) is 16.4. The Bertz CT molecular complexity index is 1220. The second kappa shape index (κ2) is 9.87. The molecule has 1 aliphatic heterocycles. The molecule has 1 N–H and O–H groups in total. The third kappa shape index (κ3) is 4.83. The zero-order valence-electron chi connectivity index (χ0n) is 19.0. The fourth-order valence-corrected chi connectivity index (χ4v) is 4.06. The van der Waals surface area contributed by atoms with Crippen molar-refractivity contribution in [2.75, 3.05) is 19.0 Å². The van der Waals surface area contributed by atoms with Crippen LogP contribution in [0.2, 0.25) is 0 Å². The van der Waals surface area contributed by atoms with E-state index in [2.05, 4.69) is 5.32 Å². The van der Waals surface area contributed by atoms with Crippen LogP contribution in [0.5, 0.6) is 0 Å². The minimum atomic E-state index is -0.395. The summed E-state index contributed by atoms with van der Waals surface area (Å²) in [6.45, 7) is 2.68. The van der Waals surface area contributed by atoms with E-state index in [0.29, 0.717) is 36.3 Å². The van der Waals surface area contributed by atoms with Crippen molar-refractivity contribution in [3.8, 4) is 11.1 Å². The third-order valence-electron chi connectivity index (χ3n) is 6.03. The summed E-state index contributed by atoms with van der Waals surface area (Å²) in [6, 6.07) is 18.4. The number of nitrogens with zero attached hydrogens (tertiary/aromatic N) is 1. The maximum absolute atomic E-state index is 13.1. The molecule has 0 unspecified atom stereocenters. The summed E-state index contributed by atoms with van der Waals surface area (Å²) >= 11 is 0. The lowest BCUT2D eigenvalue weighted by Gasteiger charge is -2.20. The first kappa shape index (κ1) is 23.2. The monoisotopic (exact) mass is 460 g/mol. The number of amides is 2. The van der Waals surface area contributed by atoms with Crippen molar-refractivity contribution in [3.05, 3.63) is 89.2 Å². The molecular formula is C27H25FN2O4. The maximum atomic E-state index is 13.1. The van der Waals surface area contributed by atoms with Crippen molar-refractivity contribution in [2.24, 2.45) is 5.92 Å². The van der Waals surface area contributed by atoms with Crippen LogP contribution in [0.25, 0.3) is 11.1 Å². The quantitative estimate of drug-likeness (QED) is 0.509. The lowest BCUT2D eigenvalue weighted by Crippen LogP contribution is -2.33. The van der Waals surface area contributed by atoms with Gasteiger partial charge in [0.25, 0.3) is 11.8 Å². The highest BCUT2D eigenvalue weighted by molar-refractivity contribution is 6.04. The number of benzene rings is 3. The highest BCUT2D eigenvalue weighted by atomic mass is 19.1. The molecular weight excluding hydrogens is 435 g/mol. The molecule has 1 atom stereocenters. The number of fused-ring (bicyclic) bond motifs is 1. The van der Waals surface area contributed by atoms with Crippen molar-refractivity contribution < 1.29 is 23.5 Å². The summed E-state index contributed by atoms with van der Waals surface area (Å²) in [7, 11) is 1.36. The van der Waals surface area contributed by atoms with E-state index in [0.717, 1.165) is 16.7 Å². The van der Waals surface area contributed by atoms with Crippen LogP contribution in [0.15, 0.2) is 66.7 Å². The Morgan fingerprint density at radius 2 is 1.71 bits per heavy atom. The molecule has 3 aromatic carbocycles. The minimum Gasteiger partial charge on any atom is -0.469 e. The van der Waals surface area contributed by atoms with Crippen LogP contribution < -0.4 is 5.32 Å². The third-order valence-corrected chi connectivity index (χ3v) is 6.03. The molecule has 6 nitrogen and oxygen atoms in total. The fraction of sp³-hybridized carbons (Fsp3) is 0.222. The molecule has 0 aliphatic carbocycles. The Labute approximate surface area is 197 Å². The summed E-state index contributed by atoms with van der Waals surface area (Å²) in [5, 5.41) is 2.80. The van der Waals surface area contributed by atoms with Gasteiger partial charge in [0.05, 0.1) is 13.0 Å². The predicted molar refractivity (Wildman–Crippen MR) is 127 cm³/mol. The van der Waals surface area contributed by atoms with Gasteiger partial charge in [0.1, 0.15) is 5.82 Å². The average Bonchev–Trinajstić information content (AvgIpc) is 3.17. The zero-order valence-corrected chi connectivity index (χ0v) is 19.0. The molecule has 34 heavy (non-hydrogen) atoms. The van der Waals surface area contributed by atoms with Crippen LogP contribution in [0, 0.1) is 11.7 Å². The van der Waals surface area contributed by atoms with E-state index in [4.69, 9.17) is 4.74 Å². The number of esters is 1. The van der Waals surface area contributed by atoms with Gasteiger partial charge < -0.3 is 15.0 Å². The molecule has 0 bridgehead atoms. The van der Waals surface area contributed by atoms with Gasteiger partial charge in [-0.05, 0) is 71.6 Å². The number of carbonyl (C=O) groups excluding carboxylic acids is 3. The van der Waals surface area contributed by atoms with Gasteiger partial charge in [-0.2, -0.15) is 0 Å². The SMILES string of the molecule is CC[C@@H](CN1Cc2cc(-c3ccc(NC(=O)c4ccc(F)cc4)cc3)ccc2C1=O)C(=O)OC. The lowest BCUT2D eigenvalue weighted by molar-refractivity contribution is -0.146. The summed E-state index contributed by atoms with van der Waals surface area (Å²) < 4.78 is 17.9. The number of hydrogen-bond donors (Lipinski definition) is 1. The molecule has 1 aliphatic rings. The van der Waals surface area contributed by atoms with Gasteiger partial charge in [0, 0.05) is 29.9 Å². The van der Waals surface area contributed by atoms with E-state index in [-0.39, 0.29) is 23.7 Å². The standard InChI is InChI=1S/C27H25FN2O4/c1-3-17(27(33)34-2)15-30-16-21-14-20(8-13-24(21)26(30)32)18-6-11-23(12-7-18)29-25(31)19-4-9-22(28)10-5-19/h4-14,17H,3,15-16H2,1-2H3,(H,29,31)/t17-/m0/s1. The molecule has 0 fully saturated rings. The number of rotatable bonds is 7. The van der Waals surface area contributed by atoms with E-state index in [1.54, 1.807) is 17.0 Å². The Kier molecular flexibility index (Phi) is 6.72. The van der Waals surface area contributed by atoms with Gasteiger partial charge in [-0.25, -0.2) is 4.39 Å².